The lowest BCUT2D eigenvalue weighted by atomic mass is 10.1. The van der Waals surface area contributed by atoms with E-state index in [-0.39, 0.29) is 0 Å². The Morgan fingerprint density at radius 3 is 2.81 bits per heavy atom. The average molecular weight is 284 g/mol. The Morgan fingerprint density at radius 2 is 2.19 bits per heavy atom. The van der Waals surface area contributed by atoms with Gasteiger partial charge in [0.05, 0.1) is 18.9 Å². The second kappa shape index (κ2) is 6.91. The van der Waals surface area contributed by atoms with Crippen LogP contribution >= 0.6 is 0 Å². The summed E-state index contributed by atoms with van der Waals surface area (Å²) in [6.45, 7) is 4.42. The fraction of sp³-hybridized carbons (Fsp3) is 0.375. The van der Waals surface area contributed by atoms with Gasteiger partial charge >= 0.3 is 0 Å². The van der Waals surface area contributed by atoms with E-state index in [0.717, 1.165) is 18.7 Å². The van der Waals surface area contributed by atoms with Crippen molar-refractivity contribution in [1.82, 2.24) is 14.7 Å². The van der Waals surface area contributed by atoms with Crippen molar-refractivity contribution in [3.8, 4) is 11.8 Å². The fourth-order valence-corrected chi connectivity index (χ4v) is 2.32. The smallest absolute Gasteiger partial charge is 0.136 e. The Morgan fingerprint density at radius 1 is 1.38 bits per heavy atom. The molecule has 0 bridgehead atoms. The van der Waals surface area contributed by atoms with E-state index in [1.807, 2.05) is 42.3 Å². The zero-order chi connectivity index (χ0) is 15.2. The summed E-state index contributed by atoms with van der Waals surface area (Å²) in [4.78, 5) is 2.16. The van der Waals surface area contributed by atoms with Crippen molar-refractivity contribution in [2.75, 3.05) is 14.2 Å². The molecule has 0 atom stereocenters. The number of aryl methyl sites for hydroxylation is 1. The Balaban J connectivity index is 2.09. The van der Waals surface area contributed by atoms with E-state index in [1.54, 1.807) is 7.11 Å². The molecule has 0 saturated heterocycles. The van der Waals surface area contributed by atoms with Gasteiger partial charge in [-0.15, -0.1) is 0 Å². The molecule has 2 aromatic rings. The quantitative estimate of drug-likeness (QED) is 0.817. The summed E-state index contributed by atoms with van der Waals surface area (Å²) in [5, 5.41) is 13.6. The van der Waals surface area contributed by atoms with Crippen LogP contribution in [0.3, 0.4) is 0 Å². The minimum absolute atomic E-state index is 0.608. The number of aromatic nitrogens is 2. The lowest BCUT2D eigenvalue weighted by Crippen LogP contribution is -2.17. The van der Waals surface area contributed by atoms with Gasteiger partial charge in [0, 0.05) is 31.4 Å². The molecule has 1 aromatic carbocycles. The monoisotopic (exact) mass is 284 g/mol. The zero-order valence-electron chi connectivity index (χ0n) is 12.7. The largest absolute Gasteiger partial charge is 0.495 e. The van der Waals surface area contributed by atoms with Gasteiger partial charge < -0.3 is 4.74 Å². The number of hydrogen-bond donors (Lipinski definition) is 0. The lowest BCUT2D eigenvalue weighted by Gasteiger charge is -2.17. The summed E-state index contributed by atoms with van der Waals surface area (Å²) in [6.07, 6.45) is 3.93. The first-order valence-electron chi connectivity index (χ1n) is 6.93. The van der Waals surface area contributed by atoms with Gasteiger partial charge in [-0.05, 0) is 25.6 Å². The molecule has 0 N–H and O–H groups in total. The van der Waals surface area contributed by atoms with Gasteiger partial charge in [-0.25, -0.2) is 0 Å². The van der Waals surface area contributed by atoms with Crippen LogP contribution < -0.4 is 4.74 Å². The maximum absolute atomic E-state index is 9.31. The van der Waals surface area contributed by atoms with Crippen LogP contribution in [0.2, 0.25) is 0 Å². The predicted molar refractivity (Wildman–Crippen MR) is 80.8 cm³/mol. The topological polar surface area (TPSA) is 54.1 Å². The van der Waals surface area contributed by atoms with Crippen LogP contribution in [0.25, 0.3) is 0 Å². The van der Waals surface area contributed by atoms with Crippen LogP contribution in [0.5, 0.6) is 5.75 Å². The molecule has 0 aliphatic rings. The van der Waals surface area contributed by atoms with Crippen LogP contribution in [0.1, 0.15) is 23.6 Å². The number of methoxy groups -OCH3 is 1. The highest BCUT2D eigenvalue weighted by Crippen LogP contribution is 2.22. The molecule has 0 saturated carbocycles. The molecule has 0 aliphatic carbocycles. The number of benzene rings is 1. The standard InChI is InChI=1S/C16H20N4O/c1-4-20-11-13(9-18-20)10-19(2)12-14-6-5-7-16(21-3)15(14)8-17/h5-7,9,11H,4,10,12H2,1-3H3. The second-order valence-corrected chi connectivity index (χ2v) is 4.98. The first-order valence-corrected chi connectivity index (χ1v) is 6.93. The lowest BCUT2D eigenvalue weighted by molar-refractivity contribution is 0.317. The van der Waals surface area contributed by atoms with Gasteiger partial charge in [-0.2, -0.15) is 10.4 Å². The van der Waals surface area contributed by atoms with Crippen molar-refractivity contribution in [2.24, 2.45) is 0 Å². The molecule has 1 heterocycles. The Labute approximate surface area is 125 Å². The van der Waals surface area contributed by atoms with Crippen molar-refractivity contribution in [3.63, 3.8) is 0 Å². The Kier molecular flexibility index (Phi) is 4.96. The van der Waals surface area contributed by atoms with Crippen LogP contribution in [-0.2, 0) is 19.6 Å². The molecule has 0 radical (unpaired) electrons. The molecular formula is C16H20N4O. The first kappa shape index (κ1) is 15.1. The molecule has 110 valence electrons. The van der Waals surface area contributed by atoms with E-state index in [4.69, 9.17) is 4.74 Å². The van der Waals surface area contributed by atoms with Crippen molar-refractivity contribution in [3.05, 3.63) is 47.3 Å². The maximum atomic E-state index is 9.31. The van der Waals surface area contributed by atoms with E-state index < -0.39 is 0 Å². The van der Waals surface area contributed by atoms with Gasteiger partial charge in [-0.1, -0.05) is 12.1 Å². The summed E-state index contributed by atoms with van der Waals surface area (Å²) >= 11 is 0. The number of nitriles is 1. The molecule has 5 heteroatoms. The molecule has 21 heavy (non-hydrogen) atoms. The molecule has 1 aromatic heterocycles. The molecule has 0 spiro atoms. The number of rotatable bonds is 6. The molecular weight excluding hydrogens is 264 g/mol. The second-order valence-electron chi connectivity index (χ2n) is 4.98. The molecule has 0 unspecified atom stereocenters. The van der Waals surface area contributed by atoms with Crippen LogP contribution in [0.15, 0.2) is 30.6 Å². The summed E-state index contributed by atoms with van der Waals surface area (Å²) < 4.78 is 7.15. The van der Waals surface area contributed by atoms with E-state index in [2.05, 4.69) is 23.0 Å². The molecule has 2 rings (SSSR count). The Bertz CT molecular complexity index is 642. The fourth-order valence-electron chi connectivity index (χ4n) is 2.32. The number of ether oxygens (including phenoxy) is 1. The summed E-state index contributed by atoms with van der Waals surface area (Å²) in [5.74, 6) is 0.627. The van der Waals surface area contributed by atoms with E-state index in [9.17, 15) is 5.26 Å². The third kappa shape index (κ3) is 3.61. The highest BCUT2D eigenvalue weighted by molar-refractivity contribution is 5.48. The predicted octanol–water partition coefficient (Wildman–Crippen LogP) is 2.42. The number of nitrogens with zero attached hydrogens (tertiary/aromatic N) is 4. The molecule has 0 aliphatic heterocycles. The summed E-state index contributed by atoms with van der Waals surface area (Å²) in [6, 6.07) is 7.92. The minimum Gasteiger partial charge on any atom is -0.495 e. The zero-order valence-corrected chi connectivity index (χ0v) is 12.7. The van der Waals surface area contributed by atoms with Crippen LogP contribution in [-0.4, -0.2) is 28.8 Å². The van der Waals surface area contributed by atoms with Crippen LogP contribution in [0.4, 0.5) is 0 Å². The highest BCUT2D eigenvalue weighted by Gasteiger charge is 2.11. The molecule has 5 nitrogen and oxygen atoms in total. The van der Waals surface area contributed by atoms with Crippen molar-refractivity contribution < 1.29 is 4.74 Å². The van der Waals surface area contributed by atoms with Gasteiger partial charge in [-0.3, -0.25) is 9.58 Å². The van der Waals surface area contributed by atoms with E-state index in [1.165, 1.54) is 5.56 Å². The van der Waals surface area contributed by atoms with Gasteiger partial charge in [0.1, 0.15) is 11.8 Å². The third-order valence-corrected chi connectivity index (χ3v) is 3.35. The maximum Gasteiger partial charge on any atom is 0.136 e. The van der Waals surface area contributed by atoms with Gasteiger partial charge in [0.25, 0.3) is 0 Å². The molecule has 0 amide bonds. The SMILES string of the molecule is CCn1cc(CN(C)Cc2cccc(OC)c2C#N)cn1. The summed E-state index contributed by atoms with van der Waals surface area (Å²) in [5.41, 5.74) is 2.75. The van der Waals surface area contributed by atoms with Crippen LogP contribution in [0, 0.1) is 11.3 Å². The normalized spacial score (nSPS) is 10.6. The molecule has 0 fully saturated rings. The Hall–Kier alpha value is -2.32. The van der Waals surface area contributed by atoms with Gasteiger partial charge in [0.2, 0.25) is 0 Å². The number of hydrogen-bond acceptors (Lipinski definition) is 4. The van der Waals surface area contributed by atoms with Crippen molar-refractivity contribution in [1.29, 1.82) is 5.26 Å². The minimum atomic E-state index is 0.608. The average Bonchev–Trinajstić information content (AvgIpc) is 2.94. The van der Waals surface area contributed by atoms with E-state index in [0.29, 0.717) is 17.9 Å². The van der Waals surface area contributed by atoms with Crippen molar-refractivity contribution >= 4 is 0 Å². The van der Waals surface area contributed by atoms with E-state index >= 15 is 0 Å². The third-order valence-electron chi connectivity index (χ3n) is 3.35. The van der Waals surface area contributed by atoms with Gasteiger partial charge in [0.15, 0.2) is 0 Å². The highest BCUT2D eigenvalue weighted by atomic mass is 16.5. The summed E-state index contributed by atoms with van der Waals surface area (Å²) in [7, 11) is 3.62. The van der Waals surface area contributed by atoms with Crippen molar-refractivity contribution in [2.45, 2.75) is 26.6 Å². The first-order chi connectivity index (χ1) is 10.2.